The van der Waals surface area contributed by atoms with Crippen molar-refractivity contribution < 1.29 is 9.21 Å². The Balaban J connectivity index is 1.38. The molecular weight excluding hydrogens is 304 g/mol. The number of anilines is 1. The van der Waals surface area contributed by atoms with E-state index in [1.54, 1.807) is 0 Å². The average molecular weight is 328 g/mol. The molecule has 1 saturated carbocycles. The van der Waals surface area contributed by atoms with E-state index < -0.39 is 0 Å². The molecule has 2 fully saturated rings. The molecular formula is C18H24N4O2. The monoisotopic (exact) mass is 328 g/mol. The first-order valence-corrected chi connectivity index (χ1v) is 8.77. The maximum Gasteiger partial charge on any atom is 0.298 e. The van der Waals surface area contributed by atoms with Crippen LogP contribution in [0.25, 0.3) is 11.1 Å². The minimum atomic E-state index is -0.0703. The maximum absolute atomic E-state index is 12.2. The molecule has 1 aliphatic carbocycles. The van der Waals surface area contributed by atoms with Gasteiger partial charge in [0.05, 0.1) is 6.04 Å². The van der Waals surface area contributed by atoms with Crippen LogP contribution in [0, 0.1) is 6.92 Å². The minimum absolute atomic E-state index is 0.0703. The molecule has 24 heavy (non-hydrogen) atoms. The fourth-order valence-corrected chi connectivity index (χ4v) is 3.18. The number of piperazine rings is 1. The highest BCUT2D eigenvalue weighted by atomic mass is 16.4. The quantitative estimate of drug-likeness (QED) is 0.929. The predicted octanol–water partition coefficient (Wildman–Crippen LogP) is 1.93. The van der Waals surface area contributed by atoms with E-state index >= 15 is 0 Å². The van der Waals surface area contributed by atoms with Gasteiger partial charge in [0.1, 0.15) is 5.52 Å². The highest BCUT2D eigenvalue weighted by molar-refractivity contribution is 5.82. The summed E-state index contributed by atoms with van der Waals surface area (Å²) in [5.74, 6) is 0.156. The van der Waals surface area contributed by atoms with E-state index in [9.17, 15) is 4.79 Å². The van der Waals surface area contributed by atoms with Crippen molar-refractivity contribution in [2.45, 2.75) is 38.8 Å². The van der Waals surface area contributed by atoms with Crippen LogP contribution >= 0.6 is 0 Å². The third-order valence-electron chi connectivity index (χ3n) is 4.97. The first-order valence-electron chi connectivity index (χ1n) is 8.77. The second-order valence-electron chi connectivity index (χ2n) is 6.95. The van der Waals surface area contributed by atoms with Crippen molar-refractivity contribution in [1.29, 1.82) is 0 Å². The van der Waals surface area contributed by atoms with Gasteiger partial charge in [0, 0.05) is 32.2 Å². The fourth-order valence-electron chi connectivity index (χ4n) is 3.18. The van der Waals surface area contributed by atoms with Crippen LogP contribution in [0.15, 0.2) is 22.6 Å². The molecule has 2 aliphatic rings. The largest absolute Gasteiger partial charge is 0.423 e. The van der Waals surface area contributed by atoms with Crippen LogP contribution in [0.5, 0.6) is 0 Å². The molecule has 1 saturated heterocycles. The average Bonchev–Trinajstić information content (AvgIpc) is 3.30. The van der Waals surface area contributed by atoms with Crippen LogP contribution in [0.1, 0.15) is 25.3 Å². The SMILES string of the molecule is Cc1ccc2oc(N3CCN(C(C)C(=O)NC4CC4)CC3)nc2c1. The van der Waals surface area contributed by atoms with Gasteiger partial charge in [-0.25, -0.2) is 0 Å². The number of rotatable bonds is 4. The number of nitrogens with zero attached hydrogens (tertiary/aromatic N) is 3. The molecule has 1 aromatic carbocycles. The summed E-state index contributed by atoms with van der Waals surface area (Å²) >= 11 is 0. The second kappa shape index (κ2) is 6.09. The number of carbonyl (C=O) groups is 1. The summed E-state index contributed by atoms with van der Waals surface area (Å²) < 4.78 is 5.88. The van der Waals surface area contributed by atoms with Crippen molar-refractivity contribution in [2.24, 2.45) is 0 Å². The Bertz CT molecular complexity index is 745. The van der Waals surface area contributed by atoms with E-state index in [-0.39, 0.29) is 11.9 Å². The van der Waals surface area contributed by atoms with Gasteiger partial charge >= 0.3 is 0 Å². The molecule has 6 heteroatoms. The van der Waals surface area contributed by atoms with Gasteiger partial charge in [-0.3, -0.25) is 9.69 Å². The number of oxazole rings is 1. The molecule has 1 aromatic heterocycles. The summed E-state index contributed by atoms with van der Waals surface area (Å²) in [7, 11) is 0. The van der Waals surface area contributed by atoms with Crippen molar-refractivity contribution >= 4 is 23.0 Å². The Morgan fingerprint density at radius 1 is 1.29 bits per heavy atom. The molecule has 4 rings (SSSR count). The van der Waals surface area contributed by atoms with Crippen LogP contribution in [-0.4, -0.2) is 54.1 Å². The lowest BCUT2D eigenvalue weighted by molar-refractivity contribution is -0.126. The van der Waals surface area contributed by atoms with E-state index in [0.717, 1.165) is 50.1 Å². The Hall–Kier alpha value is -2.08. The van der Waals surface area contributed by atoms with Crippen LogP contribution in [0.3, 0.4) is 0 Å². The zero-order valence-electron chi connectivity index (χ0n) is 14.3. The van der Waals surface area contributed by atoms with Crippen molar-refractivity contribution in [2.75, 3.05) is 31.1 Å². The molecule has 128 valence electrons. The predicted molar refractivity (Wildman–Crippen MR) is 93.2 cm³/mol. The number of amides is 1. The standard InChI is InChI=1S/C18H24N4O2/c1-12-3-6-16-15(11-12)20-18(24-16)22-9-7-21(8-10-22)13(2)17(23)19-14-4-5-14/h3,6,11,13-14H,4-5,7-10H2,1-2H3,(H,19,23). The van der Waals surface area contributed by atoms with Crippen molar-refractivity contribution in [3.05, 3.63) is 23.8 Å². The van der Waals surface area contributed by atoms with E-state index in [2.05, 4.69) is 27.0 Å². The first-order chi connectivity index (χ1) is 11.6. The molecule has 2 heterocycles. The van der Waals surface area contributed by atoms with Gasteiger partial charge in [-0.15, -0.1) is 0 Å². The number of aromatic nitrogens is 1. The molecule has 0 radical (unpaired) electrons. The lowest BCUT2D eigenvalue weighted by Gasteiger charge is -2.36. The topological polar surface area (TPSA) is 61.6 Å². The van der Waals surface area contributed by atoms with Gasteiger partial charge < -0.3 is 14.6 Å². The van der Waals surface area contributed by atoms with Crippen LogP contribution in [-0.2, 0) is 4.79 Å². The van der Waals surface area contributed by atoms with Gasteiger partial charge in [0.2, 0.25) is 5.91 Å². The van der Waals surface area contributed by atoms with E-state index in [1.807, 2.05) is 25.1 Å². The van der Waals surface area contributed by atoms with Gasteiger partial charge in [0.15, 0.2) is 5.58 Å². The highest BCUT2D eigenvalue weighted by Crippen LogP contribution is 2.24. The van der Waals surface area contributed by atoms with E-state index in [4.69, 9.17) is 4.42 Å². The summed E-state index contributed by atoms with van der Waals surface area (Å²) in [5, 5.41) is 3.09. The van der Waals surface area contributed by atoms with Crippen LogP contribution in [0.4, 0.5) is 6.01 Å². The lowest BCUT2D eigenvalue weighted by Crippen LogP contribution is -2.54. The second-order valence-corrected chi connectivity index (χ2v) is 6.95. The number of benzene rings is 1. The number of aryl methyl sites for hydroxylation is 1. The van der Waals surface area contributed by atoms with Gasteiger partial charge in [-0.05, 0) is 44.4 Å². The number of nitrogens with one attached hydrogen (secondary N) is 1. The Labute approximate surface area is 141 Å². The normalized spacial score (nSPS) is 20.3. The smallest absolute Gasteiger partial charge is 0.298 e. The summed E-state index contributed by atoms with van der Waals surface area (Å²) in [4.78, 5) is 21.2. The minimum Gasteiger partial charge on any atom is -0.423 e. The highest BCUT2D eigenvalue weighted by Gasteiger charge is 2.30. The van der Waals surface area contributed by atoms with Gasteiger partial charge in [0.25, 0.3) is 6.01 Å². The zero-order chi connectivity index (χ0) is 16.7. The van der Waals surface area contributed by atoms with Crippen LogP contribution < -0.4 is 10.2 Å². The maximum atomic E-state index is 12.2. The number of carbonyl (C=O) groups excluding carboxylic acids is 1. The molecule has 6 nitrogen and oxygen atoms in total. The first kappa shape index (κ1) is 15.4. The Morgan fingerprint density at radius 3 is 2.75 bits per heavy atom. The Kier molecular flexibility index (Phi) is 3.92. The summed E-state index contributed by atoms with van der Waals surface area (Å²) in [6, 6.07) is 7.09. The zero-order valence-corrected chi connectivity index (χ0v) is 14.3. The number of fused-ring (bicyclic) bond motifs is 1. The molecule has 1 unspecified atom stereocenters. The van der Waals surface area contributed by atoms with Gasteiger partial charge in [-0.1, -0.05) is 6.07 Å². The molecule has 1 amide bonds. The molecule has 0 bridgehead atoms. The molecule has 1 atom stereocenters. The number of hydrogen-bond donors (Lipinski definition) is 1. The summed E-state index contributed by atoms with van der Waals surface area (Å²) in [5.41, 5.74) is 2.92. The third-order valence-corrected chi connectivity index (χ3v) is 4.97. The van der Waals surface area contributed by atoms with Gasteiger partial charge in [-0.2, -0.15) is 4.98 Å². The molecule has 1 aliphatic heterocycles. The third kappa shape index (κ3) is 3.11. The summed E-state index contributed by atoms with van der Waals surface area (Å²) in [6.07, 6.45) is 2.26. The lowest BCUT2D eigenvalue weighted by atomic mass is 10.2. The van der Waals surface area contributed by atoms with Crippen molar-refractivity contribution in [3.63, 3.8) is 0 Å². The molecule has 0 spiro atoms. The summed E-state index contributed by atoms with van der Waals surface area (Å²) in [6.45, 7) is 7.39. The number of hydrogen-bond acceptors (Lipinski definition) is 5. The molecule has 2 aromatic rings. The van der Waals surface area contributed by atoms with E-state index in [0.29, 0.717) is 12.1 Å². The van der Waals surface area contributed by atoms with Crippen molar-refractivity contribution in [3.8, 4) is 0 Å². The molecule has 1 N–H and O–H groups in total. The fraction of sp³-hybridized carbons (Fsp3) is 0.556. The Morgan fingerprint density at radius 2 is 2.04 bits per heavy atom. The van der Waals surface area contributed by atoms with Crippen molar-refractivity contribution in [1.82, 2.24) is 15.2 Å². The van der Waals surface area contributed by atoms with E-state index in [1.165, 1.54) is 5.56 Å². The van der Waals surface area contributed by atoms with Crippen LogP contribution in [0.2, 0.25) is 0 Å².